The molecule has 4 aromatic rings. The van der Waals surface area contributed by atoms with E-state index in [0.29, 0.717) is 27.8 Å². The van der Waals surface area contributed by atoms with E-state index >= 15 is 0 Å². The Morgan fingerprint density at radius 3 is 2.11 bits per heavy atom. The highest BCUT2D eigenvalue weighted by molar-refractivity contribution is 6.31. The van der Waals surface area contributed by atoms with Gasteiger partial charge >= 0.3 is 0 Å². The lowest BCUT2D eigenvalue weighted by atomic mass is 9.49. The molecular weight excluding hydrogens is 732 g/mol. The first kappa shape index (κ1) is 37.3. The average Bonchev–Trinajstić information content (AvgIpc) is 3.67. The van der Waals surface area contributed by atoms with Crippen molar-refractivity contribution >= 4 is 57.6 Å². The normalized spacial score (nSPS) is 23.0. The van der Waals surface area contributed by atoms with Crippen molar-refractivity contribution in [1.82, 2.24) is 20.1 Å². The number of anilines is 1. The topological polar surface area (TPSA) is 154 Å². The summed E-state index contributed by atoms with van der Waals surface area (Å²) in [6, 6.07) is 17.2. The number of benzene rings is 3. The number of hydrogen-bond acceptors (Lipinski definition) is 8. The van der Waals surface area contributed by atoms with E-state index < -0.39 is 29.7 Å². The number of amides is 5. The molecule has 2 N–H and O–H groups in total. The van der Waals surface area contributed by atoms with Crippen LogP contribution in [0.25, 0.3) is 10.8 Å². The third kappa shape index (κ3) is 6.37. The minimum absolute atomic E-state index is 0.0813. The molecule has 0 spiro atoms. The zero-order valence-corrected chi connectivity index (χ0v) is 32.5. The lowest BCUT2D eigenvalue weighted by Gasteiger charge is -2.63. The summed E-state index contributed by atoms with van der Waals surface area (Å²) in [5.74, 6) is -1.14. The maximum Gasteiger partial charge on any atom is 0.262 e. The summed E-state index contributed by atoms with van der Waals surface area (Å²) in [6.07, 6.45) is 5.98. The zero-order valence-electron chi connectivity index (χ0n) is 31.7. The van der Waals surface area contributed by atoms with Gasteiger partial charge in [-0.05, 0) is 73.7 Å². The molecule has 1 aromatic heterocycles. The van der Waals surface area contributed by atoms with Crippen molar-refractivity contribution in [2.24, 2.45) is 16.7 Å². The van der Waals surface area contributed by atoms with Gasteiger partial charge in [0, 0.05) is 83.4 Å². The standard InChI is InChI=1S/C43H43ClN6O6/c1-42(2)40(43(3,4)41(42)56-30-10-7-26(20-45)33(44)19-30)47-36(52)25-5-8-29(9-6-25)49-15-13-24(14-16-49)21-48-22-27-17-31-32(18-28(27)23-48)39(55)50(38(31)54)34-11-12-35(51)46-37(34)53/h5-10,17-19,22-24,34,40-41H,11-16,21H2,1-4H3,(H,47,52)(H,46,51,53)/t34?,40-,41-. The van der Waals surface area contributed by atoms with Crippen LogP contribution in [0.2, 0.25) is 5.02 Å². The Morgan fingerprint density at radius 1 is 0.911 bits per heavy atom. The zero-order chi connectivity index (χ0) is 39.7. The van der Waals surface area contributed by atoms with Gasteiger partial charge in [-0.2, -0.15) is 5.26 Å². The summed E-state index contributed by atoms with van der Waals surface area (Å²) in [6.45, 7) is 10.9. The first-order chi connectivity index (χ1) is 26.6. The molecule has 4 aliphatic rings. The van der Waals surface area contributed by atoms with Crippen LogP contribution < -0.4 is 20.3 Å². The number of halogens is 1. The van der Waals surface area contributed by atoms with Gasteiger partial charge in [-0.3, -0.25) is 34.2 Å². The Hall–Kier alpha value is -5.67. The predicted molar refractivity (Wildman–Crippen MR) is 209 cm³/mol. The number of aromatic nitrogens is 1. The molecule has 4 heterocycles. The minimum Gasteiger partial charge on any atom is -0.489 e. The van der Waals surface area contributed by atoms with E-state index in [9.17, 15) is 29.2 Å². The molecule has 1 saturated carbocycles. The van der Waals surface area contributed by atoms with E-state index in [0.717, 1.165) is 53.8 Å². The number of nitriles is 1. The largest absolute Gasteiger partial charge is 0.489 e. The minimum atomic E-state index is -0.987. The van der Waals surface area contributed by atoms with E-state index in [-0.39, 0.29) is 52.9 Å². The van der Waals surface area contributed by atoms with Gasteiger partial charge < -0.3 is 19.5 Å². The predicted octanol–water partition coefficient (Wildman–Crippen LogP) is 6.10. The summed E-state index contributed by atoms with van der Waals surface area (Å²) >= 11 is 6.24. The lowest BCUT2D eigenvalue weighted by Crippen LogP contribution is -2.74. The Kier molecular flexibility index (Phi) is 9.19. The van der Waals surface area contributed by atoms with Crippen molar-refractivity contribution in [2.75, 3.05) is 18.0 Å². The molecule has 13 heteroatoms. The molecular formula is C43H43ClN6O6. The molecule has 0 radical (unpaired) electrons. The summed E-state index contributed by atoms with van der Waals surface area (Å²) in [5, 5.41) is 16.8. The molecule has 56 heavy (non-hydrogen) atoms. The molecule has 12 nitrogen and oxygen atoms in total. The number of carbonyl (C=O) groups excluding carboxylic acids is 5. The van der Waals surface area contributed by atoms with E-state index in [2.05, 4.69) is 53.9 Å². The third-order valence-electron chi connectivity index (χ3n) is 12.3. The van der Waals surface area contributed by atoms with E-state index in [4.69, 9.17) is 16.3 Å². The maximum absolute atomic E-state index is 13.5. The molecule has 8 rings (SSSR count). The van der Waals surface area contributed by atoms with Crippen molar-refractivity contribution in [3.8, 4) is 11.8 Å². The first-order valence-electron chi connectivity index (χ1n) is 19.0. The van der Waals surface area contributed by atoms with Gasteiger partial charge in [-0.1, -0.05) is 39.3 Å². The fraction of sp³-hybridized carbons (Fsp3) is 0.395. The highest BCUT2D eigenvalue weighted by Gasteiger charge is 2.64. The first-order valence-corrected chi connectivity index (χ1v) is 19.4. The third-order valence-corrected chi connectivity index (χ3v) is 12.6. The van der Waals surface area contributed by atoms with E-state index in [1.807, 2.05) is 36.7 Å². The van der Waals surface area contributed by atoms with Gasteiger partial charge in [0.25, 0.3) is 17.7 Å². The Morgan fingerprint density at radius 2 is 1.54 bits per heavy atom. The molecule has 5 amide bonds. The molecule has 2 saturated heterocycles. The number of imide groups is 2. The Bertz CT molecular complexity index is 2280. The van der Waals surface area contributed by atoms with Crippen molar-refractivity contribution < 1.29 is 28.7 Å². The van der Waals surface area contributed by atoms with E-state index in [1.165, 1.54) is 0 Å². The number of ether oxygens (including phenoxy) is 1. The number of fused-ring (bicyclic) bond motifs is 2. The number of hydrogen-bond donors (Lipinski definition) is 2. The molecule has 3 aromatic carbocycles. The summed E-state index contributed by atoms with van der Waals surface area (Å²) in [5.41, 5.74) is 1.89. The molecule has 3 aliphatic heterocycles. The molecule has 1 atom stereocenters. The van der Waals surface area contributed by atoms with Crippen LogP contribution in [-0.2, 0) is 16.1 Å². The van der Waals surface area contributed by atoms with Crippen LogP contribution in [0.3, 0.4) is 0 Å². The smallest absolute Gasteiger partial charge is 0.262 e. The second kappa shape index (κ2) is 13.8. The number of nitrogens with one attached hydrogen (secondary N) is 2. The van der Waals surface area contributed by atoms with Gasteiger partial charge in [-0.25, -0.2) is 0 Å². The quantitative estimate of drug-likeness (QED) is 0.204. The van der Waals surface area contributed by atoms with Crippen LogP contribution >= 0.6 is 11.6 Å². The van der Waals surface area contributed by atoms with Crippen LogP contribution in [0, 0.1) is 28.1 Å². The number of piperidine rings is 2. The second-order valence-electron chi connectivity index (χ2n) is 16.7. The van der Waals surface area contributed by atoms with Gasteiger partial charge in [-0.15, -0.1) is 0 Å². The molecule has 1 aliphatic carbocycles. The average molecular weight is 775 g/mol. The summed E-state index contributed by atoms with van der Waals surface area (Å²) in [7, 11) is 0. The van der Waals surface area contributed by atoms with Crippen LogP contribution in [-0.4, -0.2) is 70.3 Å². The summed E-state index contributed by atoms with van der Waals surface area (Å²) in [4.78, 5) is 67.4. The van der Waals surface area contributed by atoms with Gasteiger partial charge in [0.1, 0.15) is 24.0 Å². The maximum atomic E-state index is 13.5. The Balaban J connectivity index is 0.849. The lowest BCUT2D eigenvalue weighted by molar-refractivity contribution is -0.164. The van der Waals surface area contributed by atoms with Crippen LogP contribution in [0.15, 0.2) is 67.0 Å². The Labute approximate surface area is 329 Å². The monoisotopic (exact) mass is 774 g/mol. The van der Waals surface area contributed by atoms with Crippen LogP contribution in [0.4, 0.5) is 5.69 Å². The van der Waals surface area contributed by atoms with E-state index in [1.54, 1.807) is 30.3 Å². The molecule has 288 valence electrons. The SMILES string of the molecule is CC1(C)[C@H](NC(=O)c2ccc(N3CCC(Cn4cc5cc6c(cc5c4)C(=O)N(C4CCC(=O)NC4=O)C6=O)CC3)cc2)C(C)(C)[C@H]1Oc1ccc(C#N)c(Cl)c1. The van der Waals surface area contributed by atoms with Gasteiger partial charge in [0.2, 0.25) is 11.8 Å². The summed E-state index contributed by atoms with van der Waals surface area (Å²) < 4.78 is 8.50. The molecule has 1 unspecified atom stereocenters. The number of rotatable bonds is 8. The van der Waals surface area contributed by atoms with Crippen molar-refractivity contribution in [1.29, 1.82) is 5.26 Å². The highest BCUT2D eigenvalue weighted by atomic mass is 35.5. The van der Waals surface area contributed by atoms with Crippen molar-refractivity contribution in [2.45, 2.75) is 78.1 Å². The number of carbonyl (C=O) groups is 5. The van der Waals surface area contributed by atoms with Crippen molar-refractivity contribution in [3.05, 3.63) is 94.3 Å². The fourth-order valence-electron chi connectivity index (χ4n) is 9.58. The van der Waals surface area contributed by atoms with Crippen molar-refractivity contribution in [3.63, 3.8) is 0 Å². The second-order valence-corrected chi connectivity index (χ2v) is 17.1. The number of nitrogens with zero attached hydrogens (tertiary/aromatic N) is 4. The molecule has 0 bridgehead atoms. The van der Waals surface area contributed by atoms with Crippen LogP contribution in [0.5, 0.6) is 5.75 Å². The fourth-order valence-corrected chi connectivity index (χ4v) is 9.79. The van der Waals surface area contributed by atoms with Gasteiger partial charge in [0.05, 0.1) is 21.7 Å². The van der Waals surface area contributed by atoms with Crippen LogP contribution in [0.1, 0.15) is 90.0 Å². The molecule has 3 fully saturated rings. The van der Waals surface area contributed by atoms with Gasteiger partial charge in [0.15, 0.2) is 0 Å². The highest BCUT2D eigenvalue weighted by Crippen LogP contribution is 2.55.